The first-order valence-corrected chi connectivity index (χ1v) is 13.7. The van der Waals surface area contributed by atoms with Crippen LogP contribution in [0.2, 0.25) is 0 Å². The third kappa shape index (κ3) is 5.44. The summed E-state index contributed by atoms with van der Waals surface area (Å²) >= 11 is 0. The summed E-state index contributed by atoms with van der Waals surface area (Å²) in [5.41, 5.74) is 12.8. The van der Waals surface area contributed by atoms with Gasteiger partial charge in [-0.25, -0.2) is 10.6 Å². The molecular formula is C29H39N5O4. The first-order chi connectivity index (χ1) is 18.3. The van der Waals surface area contributed by atoms with Crippen molar-refractivity contribution in [3.05, 3.63) is 58.1 Å². The van der Waals surface area contributed by atoms with Crippen LogP contribution in [0.3, 0.4) is 0 Å². The molecule has 0 aromatic heterocycles. The summed E-state index contributed by atoms with van der Waals surface area (Å²) < 4.78 is 5.96. The van der Waals surface area contributed by atoms with Gasteiger partial charge in [0.25, 0.3) is 0 Å². The van der Waals surface area contributed by atoms with Gasteiger partial charge in [-0.05, 0) is 72.4 Å². The zero-order valence-corrected chi connectivity index (χ0v) is 22.2. The van der Waals surface area contributed by atoms with Gasteiger partial charge in [0.15, 0.2) is 0 Å². The van der Waals surface area contributed by atoms with Gasteiger partial charge in [0.2, 0.25) is 0 Å². The summed E-state index contributed by atoms with van der Waals surface area (Å²) in [7, 11) is 0. The van der Waals surface area contributed by atoms with Crippen molar-refractivity contribution in [2.45, 2.75) is 51.5 Å². The van der Waals surface area contributed by atoms with Crippen LogP contribution >= 0.6 is 0 Å². The number of hydrogen-bond acceptors (Lipinski definition) is 6. The average molecular weight is 522 g/mol. The zero-order valence-electron chi connectivity index (χ0n) is 22.2. The molecule has 0 spiro atoms. The highest BCUT2D eigenvalue weighted by Gasteiger charge is 2.30. The van der Waals surface area contributed by atoms with E-state index in [0.29, 0.717) is 44.5 Å². The molecule has 2 amide bonds. The van der Waals surface area contributed by atoms with Gasteiger partial charge < -0.3 is 30.4 Å². The molecule has 0 radical (unpaired) electrons. The number of benzene rings is 2. The van der Waals surface area contributed by atoms with Gasteiger partial charge in [0, 0.05) is 51.9 Å². The molecule has 7 bridgehead atoms. The van der Waals surface area contributed by atoms with Gasteiger partial charge in [-0.2, -0.15) is 0 Å². The van der Waals surface area contributed by atoms with Crippen LogP contribution in [0.4, 0.5) is 16.2 Å². The lowest BCUT2D eigenvalue weighted by Gasteiger charge is -2.37. The van der Waals surface area contributed by atoms with Crippen LogP contribution < -0.4 is 16.6 Å². The van der Waals surface area contributed by atoms with Crippen LogP contribution in [-0.2, 0) is 22.5 Å². The number of urea groups is 1. The molecule has 2 aromatic rings. The number of amides is 2. The van der Waals surface area contributed by atoms with Crippen molar-refractivity contribution < 1.29 is 19.4 Å². The number of carboxylic acid groups (broad SMARTS) is 1. The molecule has 6 aliphatic rings. The van der Waals surface area contributed by atoms with E-state index in [1.165, 1.54) is 5.56 Å². The minimum Gasteiger partial charge on any atom is -0.481 e. The fraction of sp³-hybridized carbons (Fsp3) is 0.517. The molecular weight excluding hydrogens is 482 g/mol. The second kappa shape index (κ2) is 11.2. The average Bonchev–Trinajstić information content (AvgIpc) is 2.92. The number of piperidine rings is 1. The topological polar surface area (TPSA) is 125 Å². The van der Waals surface area contributed by atoms with E-state index in [0.717, 1.165) is 66.7 Å². The summed E-state index contributed by atoms with van der Waals surface area (Å²) in [5, 5.41) is 11.5. The fourth-order valence-electron chi connectivity index (χ4n) is 6.10. The Morgan fingerprint density at radius 1 is 1.08 bits per heavy atom. The number of nitrogen functional groups attached to an aromatic ring is 1. The Morgan fingerprint density at radius 3 is 2.63 bits per heavy atom. The van der Waals surface area contributed by atoms with Crippen molar-refractivity contribution in [1.82, 2.24) is 9.80 Å². The minimum absolute atomic E-state index is 0.0559. The smallest absolute Gasteiger partial charge is 0.320 e. The molecule has 0 aliphatic carbocycles. The van der Waals surface area contributed by atoms with Crippen molar-refractivity contribution in [3.63, 3.8) is 0 Å². The third-order valence-corrected chi connectivity index (χ3v) is 8.44. The summed E-state index contributed by atoms with van der Waals surface area (Å²) in [6.07, 6.45) is 3.39. The van der Waals surface area contributed by atoms with E-state index in [2.05, 4.69) is 12.1 Å². The second-order valence-electron chi connectivity index (χ2n) is 10.9. The summed E-state index contributed by atoms with van der Waals surface area (Å²) in [6.45, 7) is 6.56. The van der Waals surface area contributed by atoms with Crippen LogP contribution in [0.15, 0.2) is 30.3 Å². The maximum atomic E-state index is 13.4. The molecule has 6 aliphatic heterocycles. The molecule has 8 rings (SSSR count). The Labute approximate surface area is 224 Å². The predicted molar refractivity (Wildman–Crippen MR) is 147 cm³/mol. The maximum Gasteiger partial charge on any atom is 0.320 e. The number of carbonyl (C=O) groups is 2. The Kier molecular flexibility index (Phi) is 7.76. The number of hydrazine groups is 1. The number of carbonyl (C=O) groups excluding carboxylic acids is 1. The lowest BCUT2D eigenvalue weighted by atomic mass is 9.83. The van der Waals surface area contributed by atoms with E-state index < -0.39 is 5.97 Å². The quantitative estimate of drug-likeness (QED) is 0.408. The molecule has 9 nitrogen and oxygen atoms in total. The zero-order chi connectivity index (χ0) is 26.8. The molecule has 1 saturated heterocycles. The molecule has 2 aromatic carbocycles. The lowest BCUT2D eigenvalue weighted by Crippen LogP contribution is -2.48. The Hall–Kier alpha value is -3.30. The van der Waals surface area contributed by atoms with E-state index in [4.69, 9.17) is 16.3 Å². The highest BCUT2D eigenvalue weighted by atomic mass is 16.5. The molecule has 1 fully saturated rings. The second-order valence-corrected chi connectivity index (χ2v) is 10.9. The van der Waals surface area contributed by atoms with E-state index >= 15 is 0 Å². The number of anilines is 2. The van der Waals surface area contributed by atoms with Crippen LogP contribution in [0.5, 0.6) is 0 Å². The van der Waals surface area contributed by atoms with Crippen LogP contribution in [-0.4, -0.2) is 66.3 Å². The largest absolute Gasteiger partial charge is 0.481 e. The van der Waals surface area contributed by atoms with Crippen LogP contribution in [0.25, 0.3) is 0 Å². The SMILES string of the molecule is Cc1c2ccc(c1N)N(N)CCCOCC1CCN(CC1)C(=O)N1CCc3ccc(cc3C1)C2CC(=O)O. The monoisotopic (exact) mass is 521 g/mol. The summed E-state index contributed by atoms with van der Waals surface area (Å²) in [5.74, 6) is 5.60. The van der Waals surface area contributed by atoms with Gasteiger partial charge in [0.05, 0.1) is 17.8 Å². The minimum atomic E-state index is -0.874. The number of carboxylic acids is 1. The third-order valence-electron chi connectivity index (χ3n) is 8.44. The van der Waals surface area contributed by atoms with E-state index in [-0.39, 0.29) is 18.4 Å². The Bertz CT molecular complexity index is 1190. The molecule has 0 saturated carbocycles. The van der Waals surface area contributed by atoms with Gasteiger partial charge in [-0.15, -0.1) is 0 Å². The first kappa shape index (κ1) is 26.3. The Morgan fingerprint density at radius 2 is 1.87 bits per heavy atom. The van der Waals surface area contributed by atoms with Crippen LogP contribution in [0.1, 0.15) is 59.4 Å². The highest BCUT2D eigenvalue weighted by molar-refractivity contribution is 5.76. The van der Waals surface area contributed by atoms with Crippen LogP contribution in [0, 0.1) is 12.8 Å². The molecule has 6 heterocycles. The number of hydrogen-bond donors (Lipinski definition) is 3. The number of nitrogens with zero attached hydrogens (tertiary/aromatic N) is 3. The number of ether oxygens (including phenoxy) is 1. The lowest BCUT2D eigenvalue weighted by molar-refractivity contribution is -0.137. The molecule has 5 N–H and O–H groups in total. The standard InChI is InChI=1S/C29H39N5O4/c1-19-24-5-6-26(28(19)30)34(31)10-2-14-38-18-20-7-11-32(12-8-20)29(37)33-13-9-21-3-4-22(15-23(21)17-33)25(24)16-27(35)36/h3-6,15,20,25H,2,7-14,16-18,30-31H2,1H3,(H,35,36). The van der Waals surface area contributed by atoms with Gasteiger partial charge in [0.1, 0.15) is 0 Å². The van der Waals surface area contributed by atoms with E-state index in [1.54, 1.807) is 5.01 Å². The molecule has 1 unspecified atom stereocenters. The van der Waals surface area contributed by atoms with Crippen molar-refractivity contribution in [1.29, 1.82) is 0 Å². The fourth-order valence-corrected chi connectivity index (χ4v) is 6.10. The number of rotatable bonds is 2. The van der Waals surface area contributed by atoms with E-state index in [9.17, 15) is 14.7 Å². The summed E-state index contributed by atoms with van der Waals surface area (Å²) in [6, 6.07) is 10.2. The van der Waals surface area contributed by atoms with Crippen molar-refractivity contribution >= 4 is 23.4 Å². The predicted octanol–water partition coefficient (Wildman–Crippen LogP) is 3.47. The van der Waals surface area contributed by atoms with Crippen molar-refractivity contribution in [2.75, 3.05) is 50.1 Å². The van der Waals surface area contributed by atoms with Crippen molar-refractivity contribution in [2.24, 2.45) is 11.8 Å². The summed E-state index contributed by atoms with van der Waals surface area (Å²) in [4.78, 5) is 29.2. The molecule has 38 heavy (non-hydrogen) atoms. The molecule has 204 valence electrons. The van der Waals surface area contributed by atoms with Crippen molar-refractivity contribution in [3.8, 4) is 0 Å². The molecule has 9 heteroatoms. The highest BCUT2D eigenvalue weighted by Crippen LogP contribution is 2.37. The number of nitrogens with two attached hydrogens (primary N) is 2. The normalized spacial score (nSPS) is 22.6. The maximum absolute atomic E-state index is 13.4. The van der Waals surface area contributed by atoms with E-state index in [1.807, 2.05) is 34.9 Å². The van der Waals surface area contributed by atoms with Gasteiger partial charge >= 0.3 is 12.0 Å². The molecule has 1 atom stereocenters. The van der Waals surface area contributed by atoms with Gasteiger partial charge in [-0.3, -0.25) is 4.79 Å². The van der Waals surface area contributed by atoms with Gasteiger partial charge in [-0.1, -0.05) is 24.3 Å². The first-order valence-electron chi connectivity index (χ1n) is 13.7. The number of aliphatic carboxylic acids is 1. The Balaban J connectivity index is 1.51.